The Kier molecular flexibility index (Phi) is 5.27. The lowest BCUT2D eigenvalue weighted by Crippen LogP contribution is -2.18. The maximum atomic E-state index is 6.26. The van der Waals surface area contributed by atoms with Crippen LogP contribution in [0.15, 0.2) is 46.0 Å². The predicted molar refractivity (Wildman–Crippen MR) is 111 cm³/mol. The normalized spacial score (nSPS) is 14.8. The van der Waals surface area contributed by atoms with Gasteiger partial charge < -0.3 is 19.5 Å². The molecule has 144 valence electrons. The molecule has 0 amide bonds. The minimum Gasteiger partial charge on any atom is -0.497 e. The molecule has 0 aliphatic carbocycles. The van der Waals surface area contributed by atoms with Crippen LogP contribution in [-0.2, 0) is 0 Å². The van der Waals surface area contributed by atoms with Crippen LogP contribution in [0, 0.1) is 0 Å². The molecule has 7 nitrogen and oxygen atoms in total. The minimum atomic E-state index is -0.558. The summed E-state index contributed by atoms with van der Waals surface area (Å²) < 4.78 is 18.1. The van der Waals surface area contributed by atoms with E-state index in [-0.39, 0.29) is 0 Å². The number of rotatable bonds is 4. The van der Waals surface area contributed by atoms with Crippen molar-refractivity contribution in [2.75, 3.05) is 25.8 Å². The molecule has 0 fully saturated rings. The van der Waals surface area contributed by atoms with Crippen molar-refractivity contribution in [3.05, 3.63) is 46.4 Å². The molecule has 2 heterocycles. The van der Waals surface area contributed by atoms with Crippen LogP contribution in [0.5, 0.6) is 17.4 Å². The fourth-order valence-corrected chi connectivity index (χ4v) is 3.60. The number of benzene rings is 2. The van der Waals surface area contributed by atoms with Gasteiger partial charge in [-0.1, -0.05) is 27.7 Å². The molecule has 0 saturated carbocycles. The molecule has 4 rings (SSSR count). The zero-order valence-corrected chi connectivity index (χ0v) is 17.8. The number of hydrogen-bond donors (Lipinski definition) is 1. The number of aromatic nitrogens is 3. The second-order valence-electron chi connectivity index (χ2n) is 5.89. The molecule has 1 aliphatic rings. The topological polar surface area (TPSA) is 78.4 Å². The number of ether oxygens (including phenoxy) is 3. The minimum absolute atomic E-state index is 0.401. The molecular weight excluding hydrogens is 444 g/mol. The van der Waals surface area contributed by atoms with Crippen LogP contribution >= 0.6 is 27.7 Å². The van der Waals surface area contributed by atoms with Crippen molar-refractivity contribution in [1.29, 1.82) is 0 Å². The first-order valence-corrected chi connectivity index (χ1v) is 10.4. The van der Waals surface area contributed by atoms with Gasteiger partial charge in [-0.25, -0.2) is 0 Å². The van der Waals surface area contributed by atoms with E-state index in [9.17, 15) is 0 Å². The Morgan fingerprint density at radius 2 is 1.96 bits per heavy atom. The van der Waals surface area contributed by atoms with E-state index in [2.05, 4.69) is 36.4 Å². The highest BCUT2D eigenvalue weighted by atomic mass is 79.9. The number of fused-ring (bicyclic) bond motifs is 3. The monoisotopic (exact) mass is 460 g/mol. The molecule has 2 aromatic carbocycles. The Balaban J connectivity index is 1.89. The number of hydrogen-bond acceptors (Lipinski definition) is 8. The van der Waals surface area contributed by atoms with Crippen LogP contribution < -0.4 is 19.5 Å². The Bertz CT molecular complexity index is 1030. The molecule has 1 aromatic heterocycles. The first-order chi connectivity index (χ1) is 13.6. The zero-order valence-electron chi connectivity index (χ0n) is 15.4. The second kappa shape index (κ2) is 7.84. The summed E-state index contributed by atoms with van der Waals surface area (Å²) in [5.41, 5.74) is 3.06. The first-order valence-electron chi connectivity index (χ1n) is 8.36. The largest absolute Gasteiger partial charge is 0.497 e. The molecule has 1 atom stereocenters. The number of halogens is 1. The van der Waals surface area contributed by atoms with Crippen LogP contribution in [0.4, 0.5) is 5.69 Å². The van der Waals surface area contributed by atoms with E-state index in [1.54, 1.807) is 14.2 Å². The number of nitrogens with one attached hydrogen (secondary N) is 1. The summed E-state index contributed by atoms with van der Waals surface area (Å²) in [6.07, 6.45) is 1.34. The van der Waals surface area contributed by atoms with Crippen molar-refractivity contribution in [2.24, 2.45) is 0 Å². The van der Waals surface area contributed by atoms with Crippen molar-refractivity contribution in [3.63, 3.8) is 0 Å². The number of thioether (sulfide) groups is 1. The van der Waals surface area contributed by atoms with Gasteiger partial charge in [-0.15, -0.1) is 10.2 Å². The van der Waals surface area contributed by atoms with Crippen molar-refractivity contribution < 1.29 is 14.2 Å². The Labute approximate surface area is 175 Å². The summed E-state index contributed by atoms with van der Waals surface area (Å²) in [4.78, 5) is 4.53. The summed E-state index contributed by atoms with van der Waals surface area (Å²) >= 11 is 4.92. The van der Waals surface area contributed by atoms with E-state index < -0.39 is 6.23 Å². The molecule has 1 unspecified atom stereocenters. The second-order valence-corrected chi connectivity index (χ2v) is 7.58. The van der Waals surface area contributed by atoms with Crippen LogP contribution in [-0.4, -0.2) is 35.7 Å². The average molecular weight is 461 g/mol. The highest BCUT2D eigenvalue weighted by molar-refractivity contribution is 9.10. The Hall–Kier alpha value is -2.52. The number of anilines is 1. The van der Waals surface area contributed by atoms with Gasteiger partial charge in [0, 0.05) is 15.7 Å². The maximum absolute atomic E-state index is 6.26. The molecule has 3 aromatic rings. The molecule has 0 spiro atoms. The van der Waals surface area contributed by atoms with Gasteiger partial charge in [-0.05, 0) is 42.7 Å². The van der Waals surface area contributed by atoms with E-state index in [4.69, 9.17) is 14.2 Å². The lowest BCUT2D eigenvalue weighted by Gasteiger charge is -2.22. The third-order valence-electron chi connectivity index (χ3n) is 4.29. The fourth-order valence-electron chi connectivity index (χ4n) is 2.94. The van der Waals surface area contributed by atoms with Crippen molar-refractivity contribution >= 4 is 33.4 Å². The lowest BCUT2D eigenvalue weighted by atomic mass is 10.1. The highest BCUT2D eigenvalue weighted by Gasteiger charge is 2.28. The van der Waals surface area contributed by atoms with E-state index in [1.165, 1.54) is 11.8 Å². The summed E-state index contributed by atoms with van der Waals surface area (Å²) in [5.74, 6) is 1.78. The molecule has 0 radical (unpaired) electrons. The van der Waals surface area contributed by atoms with E-state index >= 15 is 0 Å². The van der Waals surface area contributed by atoms with E-state index in [0.29, 0.717) is 28.2 Å². The molecule has 0 bridgehead atoms. The SMILES string of the molecule is COc1ccc(OC)c(C2Nc3ccc(Br)cc3-c3nnc(SC)nc3O2)c1. The molecular formula is C19H17BrN4O3S. The standard InChI is InChI=1S/C19H17BrN4O3S/c1-25-11-5-7-15(26-2)13(9-11)17-21-14-6-4-10(20)8-12(14)16-18(27-17)22-19(28-3)24-23-16/h4-9,17,21H,1-3H3. The number of methoxy groups -OCH3 is 2. The highest BCUT2D eigenvalue weighted by Crippen LogP contribution is 2.42. The molecule has 1 N–H and O–H groups in total. The van der Waals surface area contributed by atoms with Gasteiger partial charge in [0.25, 0.3) is 0 Å². The van der Waals surface area contributed by atoms with Gasteiger partial charge in [0.2, 0.25) is 17.3 Å². The predicted octanol–water partition coefficient (Wildman–Crippen LogP) is 4.54. The van der Waals surface area contributed by atoms with Gasteiger partial charge in [0.1, 0.15) is 11.5 Å². The molecule has 0 saturated heterocycles. The van der Waals surface area contributed by atoms with Crippen molar-refractivity contribution in [1.82, 2.24) is 15.2 Å². The average Bonchev–Trinajstić information content (AvgIpc) is 2.89. The zero-order chi connectivity index (χ0) is 19.7. The summed E-state index contributed by atoms with van der Waals surface area (Å²) in [6, 6.07) is 11.4. The summed E-state index contributed by atoms with van der Waals surface area (Å²) in [5, 5.41) is 12.5. The molecule has 1 aliphatic heterocycles. The third kappa shape index (κ3) is 3.47. The smallest absolute Gasteiger partial charge is 0.247 e. The fraction of sp³-hybridized carbons (Fsp3) is 0.211. The molecule has 28 heavy (non-hydrogen) atoms. The van der Waals surface area contributed by atoms with Crippen molar-refractivity contribution in [3.8, 4) is 28.6 Å². The van der Waals surface area contributed by atoms with Crippen LogP contribution in [0.2, 0.25) is 0 Å². The first kappa shape index (κ1) is 18.8. The Morgan fingerprint density at radius 3 is 2.71 bits per heavy atom. The number of nitrogens with zero attached hydrogens (tertiary/aromatic N) is 3. The van der Waals surface area contributed by atoms with Gasteiger partial charge in [-0.3, -0.25) is 0 Å². The Morgan fingerprint density at radius 1 is 1.11 bits per heavy atom. The lowest BCUT2D eigenvalue weighted by molar-refractivity contribution is 0.219. The third-order valence-corrected chi connectivity index (χ3v) is 5.32. The van der Waals surface area contributed by atoms with Gasteiger partial charge in [-0.2, -0.15) is 4.98 Å². The quantitative estimate of drug-likeness (QED) is 0.568. The van der Waals surface area contributed by atoms with E-state index in [1.807, 2.05) is 42.7 Å². The summed E-state index contributed by atoms with van der Waals surface area (Å²) in [6.45, 7) is 0. The van der Waals surface area contributed by atoms with E-state index in [0.717, 1.165) is 21.3 Å². The van der Waals surface area contributed by atoms with Gasteiger partial charge in [0.15, 0.2) is 5.69 Å². The maximum Gasteiger partial charge on any atom is 0.247 e. The van der Waals surface area contributed by atoms with Crippen LogP contribution in [0.3, 0.4) is 0 Å². The van der Waals surface area contributed by atoms with Gasteiger partial charge in [0.05, 0.1) is 19.8 Å². The van der Waals surface area contributed by atoms with Gasteiger partial charge >= 0.3 is 0 Å². The summed E-state index contributed by atoms with van der Waals surface area (Å²) in [7, 11) is 3.24. The van der Waals surface area contributed by atoms with Crippen molar-refractivity contribution in [2.45, 2.75) is 11.4 Å². The molecule has 9 heteroatoms. The van der Waals surface area contributed by atoms with Crippen LogP contribution in [0.25, 0.3) is 11.3 Å². The van der Waals surface area contributed by atoms with Crippen LogP contribution in [0.1, 0.15) is 11.8 Å².